The van der Waals surface area contributed by atoms with Gasteiger partial charge in [0.15, 0.2) is 0 Å². The van der Waals surface area contributed by atoms with Crippen molar-refractivity contribution in [3.8, 4) is 0 Å². The quantitative estimate of drug-likeness (QED) is 0.914. The summed E-state index contributed by atoms with van der Waals surface area (Å²) in [5.41, 5.74) is 2.60. The molecule has 0 spiro atoms. The second-order valence-corrected chi connectivity index (χ2v) is 7.33. The topological polar surface area (TPSA) is 28.2 Å². The van der Waals surface area contributed by atoms with E-state index in [0.29, 0.717) is 12.1 Å². The lowest BCUT2D eigenvalue weighted by molar-refractivity contribution is 0.128. The van der Waals surface area contributed by atoms with E-state index < -0.39 is 0 Å². The SMILES string of the molecule is Cc1nc(CNC2CCN(Cc3ccccc3)C(C)C2)cs1. The minimum Gasteiger partial charge on any atom is -0.308 e. The number of rotatable bonds is 5. The molecule has 1 N–H and O–H groups in total. The second-order valence-electron chi connectivity index (χ2n) is 6.27. The second kappa shape index (κ2) is 7.36. The molecule has 118 valence electrons. The van der Waals surface area contributed by atoms with Crippen LogP contribution in [0.15, 0.2) is 35.7 Å². The Hall–Kier alpha value is -1.23. The van der Waals surface area contributed by atoms with Gasteiger partial charge in [0.1, 0.15) is 0 Å². The number of likely N-dealkylation sites (tertiary alicyclic amines) is 1. The zero-order valence-corrected chi connectivity index (χ0v) is 14.3. The molecule has 3 nitrogen and oxygen atoms in total. The fourth-order valence-corrected chi connectivity index (χ4v) is 3.81. The maximum Gasteiger partial charge on any atom is 0.0897 e. The van der Waals surface area contributed by atoms with Crippen LogP contribution in [0, 0.1) is 6.92 Å². The summed E-state index contributed by atoms with van der Waals surface area (Å²) >= 11 is 1.73. The van der Waals surface area contributed by atoms with Crippen LogP contribution in [-0.4, -0.2) is 28.5 Å². The average molecular weight is 315 g/mol. The first kappa shape index (κ1) is 15.7. The first-order chi connectivity index (χ1) is 10.7. The Bertz CT molecular complexity index is 581. The van der Waals surface area contributed by atoms with Gasteiger partial charge in [0.05, 0.1) is 10.7 Å². The van der Waals surface area contributed by atoms with Gasteiger partial charge < -0.3 is 5.32 Å². The number of nitrogens with one attached hydrogen (secondary N) is 1. The summed E-state index contributed by atoms with van der Waals surface area (Å²) in [6.07, 6.45) is 2.44. The van der Waals surface area contributed by atoms with Crippen molar-refractivity contribution < 1.29 is 0 Å². The first-order valence-electron chi connectivity index (χ1n) is 8.13. The third-order valence-corrected chi connectivity index (χ3v) is 5.30. The number of aromatic nitrogens is 1. The molecule has 0 amide bonds. The third kappa shape index (κ3) is 4.15. The Balaban J connectivity index is 1.47. The maximum atomic E-state index is 4.53. The molecule has 4 heteroatoms. The molecule has 2 unspecified atom stereocenters. The molecule has 22 heavy (non-hydrogen) atoms. The molecule has 2 heterocycles. The zero-order valence-electron chi connectivity index (χ0n) is 13.5. The summed E-state index contributed by atoms with van der Waals surface area (Å²) in [6.45, 7) is 7.56. The Morgan fingerprint density at radius 2 is 2.14 bits per heavy atom. The molecule has 1 aliphatic heterocycles. The predicted octanol–water partition coefficient (Wildman–Crippen LogP) is 3.59. The Labute approximate surface area is 137 Å². The third-order valence-electron chi connectivity index (χ3n) is 4.48. The smallest absolute Gasteiger partial charge is 0.0897 e. The number of piperidine rings is 1. The Morgan fingerprint density at radius 1 is 1.32 bits per heavy atom. The molecular formula is C18H25N3S. The first-order valence-corrected chi connectivity index (χ1v) is 9.01. The Morgan fingerprint density at radius 3 is 2.82 bits per heavy atom. The highest BCUT2D eigenvalue weighted by molar-refractivity contribution is 7.09. The number of hydrogen-bond acceptors (Lipinski definition) is 4. The summed E-state index contributed by atoms with van der Waals surface area (Å²) in [5, 5.41) is 7.00. The van der Waals surface area contributed by atoms with E-state index in [-0.39, 0.29) is 0 Å². The molecule has 2 atom stereocenters. The van der Waals surface area contributed by atoms with Crippen LogP contribution in [0.4, 0.5) is 0 Å². The standard InChI is InChI=1S/C18H25N3S/c1-14-10-17(19-11-18-13-22-15(2)20-18)8-9-21(14)12-16-6-4-3-5-7-16/h3-7,13-14,17,19H,8-12H2,1-2H3. The van der Waals surface area contributed by atoms with Gasteiger partial charge >= 0.3 is 0 Å². The van der Waals surface area contributed by atoms with E-state index in [1.54, 1.807) is 11.3 Å². The van der Waals surface area contributed by atoms with Crippen LogP contribution in [-0.2, 0) is 13.1 Å². The van der Waals surface area contributed by atoms with Gasteiger partial charge in [-0.25, -0.2) is 4.98 Å². The van der Waals surface area contributed by atoms with Crippen LogP contribution in [0.1, 0.15) is 36.0 Å². The van der Waals surface area contributed by atoms with Crippen LogP contribution in [0.5, 0.6) is 0 Å². The summed E-state index contributed by atoms with van der Waals surface area (Å²) in [6, 6.07) is 12.0. The van der Waals surface area contributed by atoms with Crippen molar-refractivity contribution in [1.82, 2.24) is 15.2 Å². The van der Waals surface area contributed by atoms with E-state index in [4.69, 9.17) is 0 Å². The van der Waals surface area contributed by atoms with Gasteiger partial charge in [0, 0.05) is 37.1 Å². The monoisotopic (exact) mass is 315 g/mol. The number of thiazole rings is 1. The van der Waals surface area contributed by atoms with Crippen molar-refractivity contribution >= 4 is 11.3 Å². The fourth-order valence-electron chi connectivity index (χ4n) is 3.20. The minimum absolute atomic E-state index is 0.615. The largest absolute Gasteiger partial charge is 0.308 e. The van der Waals surface area contributed by atoms with E-state index in [9.17, 15) is 0 Å². The van der Waals surface area contributed by atoms with E-state index in [1.165, 1.54) is 30.6 Å². The molecule has 0 radical (unpaired) electrons. The molecule has 1 aromatic heterocycles. The maximum absolute atomic E-state index is 4.53. The molecule has 3 rings (SSSR count). The molecule has 1 saturated heterocycles. The van der Waals surface area contributed by atoms with E-state index in [2.05, 4.69) is 64.8 Å². The molecule has 1 fully saturated rings. The van der Waals surface area contributed by atoms with Crippen molar-refractivity contribution in [3.05, 3.63) is 52.0 Å². The number of nitrogens with zero attached hydrogens (tertiary/aromatic N) is 2. The van der Waals surface area contributed by atoms with Crippen LogP contribution in [0.3, 0.4) is 0 Å². The average Bonchev–Trinajstić information content (AvgIpc) is 2.94. The molecule has 0 bridgehead atoms. The molecular weight excluding hydrogens is 290 g/mol. The van der Waals surface area contributed by atoms with Crippen molar-refractivity contribution in [2.24, 2.45) is 0 Å². The number of aryl methyl sites for hydroxylation is 1. The Kier molecular flexibility index (Phi) is 5.24. The lowest BCUT2D eigenvalue weighted by Crippen LogP contribution is -2.46. The number of hydrogen-bond donors (Lipinski definition) is 1. The van der Waals surface area contributed by atoms with E-state index in [0.717, 1.165) is 18.1 Å². The van der Waals surface area contributed by atoms with Crippen molar-refractivity contribution in [2.75, 3.05) is 6.54 Å². The minimum atomic E-state index is 0.615. The number of benzene rings is 1. The molecule has 1 aliphatic rings. The highest BCUT2D eigenvalue weighted by Crippen LogP contribution is 2.20. The van der Waals surface area contributed by atoms with Gasteiger partial charge in [-0.15, -0.1) is 11.3 Å². The van der Waals surface area contributed by atoms with Crippen molar-refractivity contribution in [1.29, 1.82) is 0 Å². The summed E-state index contributed by atoms with van der Waals surface area (Å²) < 4.78 is 0. The molecule has 0 aliphatic carbocycles. The van der Waals surface area contributed by atoms with Gasteiger partial charge in [-0.3, -0.25) is 4.90 Å². The van der Waals surface area contributed by atoms with Crippen LogP contribution >= 0.6 is 11.3 Å². The predicted molar refractivity (Wildman–Crippen MR) is 93.0 cm³/mol. The van der Waals surface area contributed by atoms with E-state index >= 15 is 0 Å². The van der Waals surface area contributed by atoms with Gasteiger partial charge in [0.2, 0.25) is 0 Å². The summed E-state index contributed by atoms with van der Waals surface area (Å²) in [5.74, 6) is 0. The van der Waals surface area contributed by atoms with Crippen LogP contribution in [0.25, 0.3) is 0 Å². The zero-order chi connectivity index (χ0) is 15.4. The van der Waals surface area contributed by atoms with Gasteiger partial charge in [-0.1, -0.05) is 30.3 Å². The molecule has 1 aromatic carbocycles. The molecule has 2 aromatic rings. The lowest BCUT2D eigenvalue weighted by Gasteiger charge is -2.38. The van der Waals surface area contributed by atoms with Gasteiger partial charge in [-0.2, -0.15) is 0 Å². The molecule has 0 saturated carbocycles. The normalized spacial score (nSPS) is 22.8. The fraction of sp³-hybridized carbons (Fsp3) is 0.500. The van der Waals surface area contributed by atoms with Gasteiger partial charge in [0.25, 0.3) is 0 Å². The van der Waals surface area contributed by atoms with Crippen molar-refractivity contribution in [2.45, 2.75) is 51.9 Å². The van der Waals surface area contributed by atoms with Crippen LogP contribution in [0.2, 0.25) is 0 Å². The van der Waals surface area contributed by atoms with Crippen molar-refractivity contribution in [3.63, 3.8) is 0 Å². The highest BCUT2D eigenvalue weighted by Gasteiger charge is 2.25. The lowest BCUT2D eigenvalue weighted by atomic mass is 9.97. The highest BCUT2D eigenvalue weighted by atomic mass is 32.1. The summed E-state index contributed by atoms with van der Waals surface area (Å²) in [7, 11) is 0. The van der Waals surface area contributed by atoms with Gasteiger partial charge in [-0.05, 0) is 32.3 Å². The summed E-state index contributed by atoms with van der Waals surface area (Å²) in [4.78, 5) is 7.13. The van der Waals surface area contributed by atoms with Crippen LogP contribution < -0.4 is 5.32 Å². The van der Waals surface area contributed by atoms with E-state index in [1.807, 2.05) is 0 Å².